The summed E-state index contributed by atoms with van der Waals surface area (Å²) in [4.78, 5) is 26.2. The van der Waals surface area contributed by atoms with Gasteiger partial charge in [-0.05, 0) is 48.0 Å². The average Bonchev–Trinajstić information content (AvgIpc) is 3.18. The van der Waals surface area contributed by atoms with E-state index in [-0.39, 0.29) is 5.69 Å². The Morgan fingerprint density at radius 3 is 2.48 bits per heavy atom. The van der Waals surface area contributed by atoms with Gasteiger partial charge in [0.05, 0.1) is 0 Å². The second-order valence-electron chi connectivity index (χ2n) is 7.05. The van der Waals surface area contributed by atoms with Crippen LogP contribution in [0.5, 0.6) is 11.5 Å². The molecule has 0 spiro atoms. The lowest BCUT2D eigenvalue weighted by atomic mass is 10.0. The zero-order valence-electron chi connectivity index (χ0n) is 16.3. The topological polar surface area (TPSA) is 69.0 Å². The monoisotopic (exact) mass is 432 g/mol. The van der Waals surface area contributed by atoms with Crippen LogP contribution >= 0.6 is 11.6 Å². The van der Waals surface area contributed by atoms with Crippen molar-refractivity contribution < 1.29 is 19.1 Å². The highest BCUT2D eigenvalue weighted by molar-refractivity contribution is 6.47. The number of pyridine rings is 1. The van der Waals surface area contributed by atoms with E-state index in [1.54, 1.807) is 40.9 Å². The maximum absolute atomic E-state index is 13.3. The zero-order chi connectivity index (χ0) is 21.4. The van der Waals surface area contributed by atoms with Gasteiger partial charge < -0.3 is 19.2 Å². The van der Waals surface area contributed by atoms with E-state index in [9.17, 15) is 9.59 Å². The van der Waals surface area contributed by atoms with Gasteiger partial charge in [-0.25, -0.2) is 0 Å². The number of amides is 1. The molecule has 0 aliphatic carbocycles. The molecule has 31 heavy (non-hydrogen) atoms. The molecule has 2 aromatic carbocycles. The highest BCUT2D eigenvalue weighted by atomic mass is 35.5. The molecule has 6 nitrogen and oxygen atoms in total. The number of ketones is 1. The van der Waals surface area contributed by atoms with Crippen molar-refractivity contribution in [1.82, 2.24) is 4.40 Å². The molecule has 1 aliphatic rings. The number of nitrogens with zero attached hydrogens (tertiary/aromatic N) is 1. The molecule has 0 atom stereocenters. The number of hydrogen-bond acceptors (Lipinski definition) is 4. The van der Waals surface area contributed by atoms with E-state index < -0.39 is 11.7 Å². The van der Waals surface area contributed by atoms with Crippen molar-refractivity contribution in [2.24, 2.45) is 0 Å². The summed E-state index contributed by atoms with van der Waals surface area (Å²) in [7, 11) is 0. The lowest BCUT2D eigenvalue weighted by Gasteiger charge is -2.18. The summed E-state index contributed by atoms with van der Waals surface area (Å²) in [5, 5.41) is 3.27. The fraction of sp³-hybridized carbons (Fsp3) is 0.0833. The Morgan fingerprint density at radius 1 is 0.903 bits per heavy atom. The predicted octanol–water partition coefficient (Wildman–Crippen LogP) is 4.85. The first-order chi connectivity index (χ1) is 15.1. The van der Waals surface area contributed by atoms with Gasteiger partial charge >= 0.3 is 0 Å². The number of anilines is 1. The van der Waals surface area contributed by atoms with Gasteiger partial charge in [-0.2, -0.15) is 0 Å². The number of aromatic nitrogens is 1. The lowest BCUT2D eigenvalue weighted by Crippen LogP contribution is -2.25. The summed E-state index contributed by atoms with van der Waals surface area (Å²) in [6.45, 7) is 0.913. The van der Waals surface area contributed by atoms with Crippen LogP contribution in [-0.2, 0) is 4.79 Å². The highest BCUT2D eigenvalue weighted by Gasteiger charge is 2.25. The van der Waals surface area contributed by atoms with Crippen LogP contribution in [0, 0.1) is 0 Å². The SMILES string of the molecule is O=C(Nc1ccc2c(c1)OCCO2)C(=O)c1c(-c2ccc(Cl)cc2)cc2ccccn12. The molecule has 154 valence electrons. The van der Waals surface area contributed by atoms with Gasteiger partial charge in [0.15, 0.2) is 11.5 Å². The molecular weight excluding hydrogens is 416 g/mol. The number of fused-ring (bicyclic) bond motifs is 2. The molecular formula is C24H17ClN2O4. The number of carbonyl (C=O) groups is 2. The van der Waals surface area contributed by atoms with E-state index in [2.05, 4.69) is 5.32 Å². The van der Waals surface area contributed by atoms with Crippen LogP contribution in [0.3, 0.4) is 0 Å². The van der Waals surface area contributed by atoms with Crippen molar-refractivity contribution in [2.45, 2.75) is 0 Å². The summed E-state index contributed by atoms with van der Waals surface area (Å²) in [6, 6.07) is 19.7. The summed E-state index contributed by atoms with van der Waals surface area (Å²) < 4.78 is 12.8. The Kier molecular flexibility index (Phi) is 4.84. The Morgan fingerprint density at radius 2 is 1.68 bits per heavy atom. The largest absolute Gasteiger partial charge is 0.486 e. The van der Waals surface area contributed by atoms with Crippen LogP contribution < -0.4 is 14.8 Å². The third kappa shape index (κ3) is 3.62. The van der Waals surface area contributed by atoms with E-state index in [1.165, 1.54) is 0 Å². The van der Waals surface area contributed by atoms with Crippen LogP contribution in [0.2, 0.25) is 5.02 Å². The number of carbonyl (C=O) groups excluding carboxylic acids is 2. The minimum Gasteiger partial charge on any atom is -0.486 e. The van der Waals surface area contributed by atoms with Crippen molar-refractivity contribution in [3.05, 3.63) is 83.6 Å². The molecule has 0 unspecified atom stereocenters. The van der Waals surface area contributed by atoms with Crippen molar-refractivity contribution in [3.63, 3.8) is 0 Å². The molecule has 0 fully saturated rings. The van der Waals surface area contributed by atoms with E-state index in [4.69, 9.17) is 21.1 Å². The molecule has 0 saturated carbocycles. The Balaban J connectivity index is 1.51. The van der Waals surface area contributed by atoms with Crippen LogP contribution in [0.25, 0.3) is 16.6 Å². The average molecular weight is 433 g/mol. The van der Waals surface area contributed by atoms with Crippen LogP contribution in [-0.4, -0.2) is 29.3 Å². The van der Waals surface area contributed by atoms with Gasteiger partial charge in [0.1, 0.15) is 18.9 Å². The molecule has 7 heteroatoms. The van der Waals surface area contributed by atoms with E-state index in [0.717, 1.165) is 11.1 Å². The third-order valence-electron chi connectivity index (χ3n) is 5.06. The minimum atomic E-state index is -0.740. The van der Waals surface area contributed by atoms with Gasteiger partial charge in [0, 0.05) is 34.1 Å². The zero-order valence-corrected chi connectivity index (χ0v) is 17.1. The molecule has 1 amide bonds. The van der Waals surface area contributed by atoms with Crippen molar-refractivity contribution in [3.8, 4) is 22.6 Å². The standard InChI is InChI=1S/C24H17ClN2O4/c25-16-6-4-15(5-7-16)19-14-18-3-1-2-10-27(18)22(19)23(28)24(29)26-17-8-9-20-21(13-17)31-12-11-30-20/h1-10,13-14H,11-12H2,(H,26,29). The fourth-order valence-corrected chi connectivity index (χ4v) is 3.75. The smallest absolute Gasteiger partial charge is 0.298 e. The Bertz CT molecular complexity index is 1310. The van der Waals surface area contributed by atoms with Crippen LogP contribution in [0.4, 0.5) is 5.69 Å². The van der Waals surface area contributed by atoms with Gasteiger partial charge in [0.2, 0.25) is 0 Å². The van der Waals surface area contributed by atoms with E-state index in [1.807, 2.05) is 36.4 Å². The van der Waals surface area contributed by atoms with Crippen LogP contribution in [0.15, 0.2) is 72.9 Å². The maximum atomic E-state index is 13.3. The molecule has 0 bridgehead atoms. The summed E-state index contributed by atoms with van der Waals surface area (Å²) >= 11 is 6.02. The first kappa shape index (κ1) is 19.2. The number of halogens is 1. The van der Waals surface area contributed by atoms with E-state index >= 15 is 0 Å². The van der Waals surface area contributed by atoms with Crippen molar-refractivity contribution in [1.29, 1.82) is 0 Å². The second-order valence-corrected chi connectivity index (χ2v) is 7.49. The third-order valence-corrected chi connectivity index (χ3v) is 5.31. The first-order valence-corrected chi connectivity index (χ1v) is 10.1. The molecule has 3 heterocycles. The number of ether oxygens (including phenoxy) is 2. The second kappa shape index (κ2) is 7.81. The molecule has 0 saturated heterocycles. The Hall–Kier alpha value is -3.77. The molecule has 1 aliphatic heterocycles. The predicted molar refractivity (Wildman–Crippen MR) is 118 cm³/mol. The minimum absolute atomic E-state index is 0.285. The van der Waals surface area contributed by atoms with Crippen molar-refractivity contribution >= 4 is 34.5 Å². The maximum Gasteiger partial charge on any atom is 0.298 e. The van der Waals surface area contributed by atoms with Crippen molar-refractivity contribution in [2.75, 3.05) is 18.5 Å². The molecule has 0 radical (unpaired) electrons. The molecule has 1 N–H and O–H groups in total. The number of nitrogens with one attached hydrogen (secondary N) is 1. The summed E-state index contributed by atoms with van der Waals surface area (Å²) in [5.74, 6) is -0.244. The lowest BCUT2D eigenvalue weighted by molar-refractivity contribution is -0.112. The Labute approximate surface area is 183 Å². The van der Waals surface area contributed by atoms with E-state index in [0.29, 0.717) is 41.0 Å². The first-order valence-electron chi connectivity index (χ1n) is 9.71. The number of Topliss-reactive ketones (excluding diaryl/α,β-unsaturated/α-hetero) is 1. The number of benzene rings is 2. The van der Waals surface area contributed by atoms with Gasteiger partial charge in [-0.15, -0.1) is 0 Å². The number of rotatable bonds is 4. The quantitative estimate of drug-likeness (QED) is 0.369. The normalized spacial score (nSPS) is 12.5. The fourth-order valence-electron chi connectivity index (χ4n) is 3.62. The van der Waals surface area contributed by atoms with Gasteiger partial charge in [-0.3, -0.25) is 9.59 Å². The van der Waals surface area contributed by atoms with Gasteiger partial charge in [0.25, 0.3) is 11.7 Å². The summed E-state index contributed by atoms with van der Waals surface area (Å²) in [5.41, 5.74) is 3.00. The number of hydrogen-bond donors (Lipinski definition) is 1. The molecule has 2 aromatic heterocycles. The van der Waals surface area contributed by atoms with Crippen LogP contribution in [0.1, 0.15) is 10.5 Å². The molecule has 4 aromatic rings. The highest BCUT2D eigenvalue weighted by Crippen LogP contribution is 2.33. The van der Waals surface area contributed by atoms with Gasteiger partial charge in [-0.1, -0.05) is 29.8 Å². The molecule has 5 rings (SSSR count). The summed E-state index contributed by atoms with van der Waals surface area (Å²) in [6.07, 6.45) is 1.76.